The summed E-state index contributed by atoms with van der Waals surface area (Å²) in [5.41, 5.74) is 2.70. The molecule has 0 saturated carbocycles. The van der Waals surface area contributed by atoms with Gasteiger partial charge in [0.2, 0.25) is 0 Å². The molecule has 2 unspecified atom stereocenters. The summed E-state index contributed by atoms with van der Waals surface area (Å²) in [6, 6.07) is 8.20. The van der Waals surface area contributed by atoms with Crippen molar-refractivity contribution in [2.45, 2.75) is 84.4 Å². The first-order chi connectivity index (χ1) is 15.7. The summed E-state index contributed by atoms with van der Waals surface area (Å²) in [6.07, 6.45) is 6.17. The van der Waals surface area contributed by atoms with E-state index in [0.717, 1.165) is 60.9 Å². The number of imidazole rings is 1. The van der Waals surface area contributed by atoms with Crippen LogP contribution in [0.25, 0.3) is 21.9 Å². The van der Waals surface area contributed by atoms with Crippen LogP contribution >= 0.6 is 0 Å². The monoisotopic (exact) mass is 452 g/mol. The predicted molar refractivity (Wildman–Crippen MR) is 131 cm³/mol. The van der Waals surface area contributed by atoms with Gasteiger partial charge < -0.3 is 19.7 Å². The number of unbranched alkanes of at least 4 members (excludes halogenated alkanes) is 1. The SMILES string of the molecule is CCc1nc2cnc3ccccc3c2n1CCCCC1(C(C)(C)C)CC(NC(=O)O)CCO1. The summed E-state index contributed by atoms with van der Waals surface area (Å²) in [6.45, 7) is 10.2. The summed E-state index contributed by atoms with van der Waals surface area (Å²) in [5.74, 6) is 1.09. The molecule has 178 valence electrons. The molecule has 2 atom stereocenters. The van der Waals surface area contributed by atoms with Crippen LogP contribution in [0.15, 0.2) is 30.5 Å². The number of rotatable bonds is 7. The highest BCUT2D eigenvalue weighted by molar-refractivity contribution is 6.02. The Labute approximate surface area is 195 Å². The van der Waals surface area contributed by atoms with Crippen LogP contribution in [-0.2, 0) is 17.7 Å². The Balaban J connectivity index is 1.52. The van der Waals surface area contributed by atoms with Crippen molar-refractivity contribution in [2.24, 2.45) is 5.41 Å². The smallest absolute Gasteiger partial charge is 0.404 e. The second kappa shape index (κ2) is 9.29. The molecule has 33 heavy (non-hydrogen) atoms. The molecule has 0 aliphatic carbocycles. The number of carboxylic acid groups (broad SMARTS) is 1. The molecule has 1 saturated heterocycles. The number of ether oxygens (including phenoxy) is 1. The molecule has 1 aliphatic rings. The van der Waals surface area contributed by atoms with Crippen LogP contribution < -0.4 is 5.32 Å². The van der Waals surface area contributed by atoms with E-state index in [0.29, 0.717) is 13.0 Å². The Morgan fingerprint density at radius 2 is 2.06 bits per heavy atom. The number of amides is 1. The van der Waals surface area contributed by atoms with Crippen molar-refractivity contribution in [3.8, 4) is 0 Å². The second-order valence-electron chi connectivity index (χ2n) is 10.2. The highest BCUT2D eigenvalue weighted by Gasteiger charge is 2.46. The van der Waals surface area contributed by atoms with Crippen LogP contribution in [0.2, 0.25) is 0 Å². The van der Waals surface area contributed by atoms with E-state index in [9.17, 15) is 9.90 Å². The van der Waals surface area contributed by atoms with Crippen LogP contribution in [0.1, 0.15) is 65.6 Å². The molecule has 0 spiro atoms. The number of fused-ring (bicyclic) bond motifs is 3. The molecular formula is C26H36N4O3. The number of hydrogen-bond donors (Lipinski definition) is 2. The van der Waals surface area contributed by atoms with Crippen molar-refractivity contribution in [1.82, 2.24) is 19.9 Å². The summed E-state index contributed by atoms with van der Waals surface area (Å²) in [7, 11) is 0. The summed E-state index contributed by atoms with van der Waals surface area (Å²) in [5, 5.41) is 13.0. The maximum Gasteiger partial charge on any atom is 0.404 e. The first kappa shape index (κ1) is 23.5. The van der Waals surface area contributed by atoms with Gasteiger partial charge in [-0.2, -0.15) is 0 Å². The fourth-order valence-corrected chi connectivity index (χ4v) is 5.33. The van der Waals surface area contributed by atoms with E-state index in [1.54, 1.807) is 0 Å². The van der Waals surface area contributed by atoms with Crippen LogP contribution in [0, 0.1) is 5.41 Å². The first-order valence-corrected chi connectivity index (χ1v) is 12.1. The zero-order chi connectivity index (χ0) is 23.6. The third kappa shape index (κ3) is 4.69. The van der Waals surface area contributed by atoms with E-state index >= 15 is 0 Å². The van der Waals surface area contributed by atoms with Gasteiger partial charge in [0.15, 0.2) is 0 Å². The van der Waals surface area contributed by atoms with E-state index in [1.807, 2.05) is 18.3 Å². The number of aromatic nitrogens is 3. The van der Waals surface area contributed by atoms with Gasteiger partial charge in [-0.1, -0.05) is 45.9 Å². The number of carbonyl (C=O) groups is 1. The van der Waals surface area contributed by atoms with Crippen molar-refractivity contribution >= 4 is 28.0 Å². The highest BCUT2D eigenvalue weighted by atomic mass is 16.5. The zero-order valence-corrected chi connectivity index (χ0v) is 20.2. The number of hydrogen-bond acceptors (Lipinski definition) is 4. The Morgan fingerprint density at radius 1 is 1.27 bits per heavy atom. The van der Waals surface area contributed by atoms with Gasteiger partial charge in [-0.15, -0.1) is 0 Å². The van der Waals surface area contributed by atoms with Crippen molar-refractivity contribution in [1.29, 1.82) is 0 Å². The largest absolute Gasteiger partial charge is 0.465 e. The molecule has 1 aliphatic heterocycles. The minimum atomic E-state index is -0.953. The molecule has 3 aromatic rings. The van der Waals surface area contributed by atoms with Gasteiger partial charge in [0.25, 0.3) is 0 Å². The zero-order valence-electron chi connectivity index (χ0n) is 20.2. The average molecular weight is 453 g/mol. The Hall–Kier alpha value is -2.67. The summed E-state index contributed by atoms with van der Waals surface area (Å²) < 4.78 is 8.75. The molecule has 2 N–H and O–H groups in total. The van der Waals surface area contributed by atoms with Gasteiger partial charge >= 0.3 is 6.09 Å². The molecule has 1 amide bonds. The molecular weight excluding hydrogens is 416 g/mol. The maximum atomic E-state index is 11.2. The third-order valence-electron chi connectivity index (χ3n) is 7.20. The predicted octanol–water partition coefficient (Wildman–Crippen LogP) is 5.55. The van der Waals surface area contributed by atoms with Gasteiger partial charge in [0.1, 0.15) is 11.3 Å². The van der Waals surface area contributed by atoms with E-state index in [1.165, 1.54) is 5.52 Å². The minimum absolute atomic E-state index is 0.0568. The van der Waals surface area contributed by atoms with Gasteiger partial charge in [-0.3, -0.25) is 4.98 Å². The Kier molecular flexibility index (Phi) is 6.61. The quantitative estimate of drug-likeness (QED) is 0.459. The normalized spacial score (nSPS) is 21.5. The number of aryl methyl sites for hydroxylation is 2. The van der Waals surface area contributed by atoms with Gasteiger partial charge in [-0.25, -0.2) is 9.78 Å². The maximum absolute atomic E-state index is 11.2. The number of para-hydroxylation sites is 1. The van der Waals surface area contributed by atoms with Crippen molar-refractivity contribution < 1.29 is 14.6 Å². The molecule has 2 aromatic heterocycles. The van der Waals surface area contributed by atoms with Crippen molar-refractivity contribution in [3.63, 3.8) is 0 Å². The summed E-state index contributed by atoms with van der Waals surface area (Å²) in [4.78, 5) is 20.6. The summed E-state index contributed by atoms with van der Waals surface area (Å²) >= 11 is 0. The van der Waals surface area contributed by atoms with Gasteiger partial charge in [0, 0.05) is 31.0 Å². The molecule has 7 nitrogen and oxygen atoms in total. The first-order valence-electron chi connectivity index (χ1n) is 12.1. The highest BCUT2D eigenvalue weighted by Crippen LogP contribution is 2.44. The molecule has 7 heteroatoms. The number of nitrogens with zero attached hydrogens (tertiary/aromatic N) is 3. The van der Waals surface area contributed by atoms with Crippen LogP contribution in [0.4, 0.5) is 4.79 Å². The third-order valence-corrected chi connectivity index (χ3v) is 7.20. The molecule has 0 bridgehead atoms. The van der Waals surface area contributed by atoms with Crippen LogP contribution in [-0.4, -0.2) is 44.0 Å². The van der Waals surface area contributed by atoms with Crippen LogP contribution in [0.5, 0.6) is 0 Å². The van der Waals surface area contributed by atoms with E-state index < -0.39 is 6.09 Å². The Morgan fingerprint density at radius 3 is 2.79 bits per heavy atom. The molecule has 3 heterocycles. The van der Waals surface area contributed by atoms with Gasteiger partial charge in [0.05, 0.1) is 22.8 Å². The lowest BCUT2D eigenvalue weighted by atomic mass is 9.68. The Bertz CT molecular complexity index is 1130. The molecule has 4 rings (SSSR count). The average Bonchev–Trinajstić information content (AvgIpc) is 3.14. The molecule has 0 radical (unpaired) electrons. The van der Waals surface area contributed by atoms with Crippen molar-refractivity contribution in [3.05, 3.63) is 36.3 Å². The lowest BCUT2D eigenvalue weighted by Crippen LogP contribution is -2.54. The molecule has 1 aromatic carbocycles. The van der Waals surface area contributed by atoms with Crippen LogP contribution in [0.3, 0.4) is 0 Å². The standard InChI is InChI=1S/C26H36N4O3/c1-5-22-29-21-17-27-20-11-7-6-10-19(20)23(21)30(22)14-9-8-13-26(25(2,3)4)16-18(12-15-33-26)28-24(31)32/h6-7,10-11,17-18,28H,5,8-9,12-16H2,1-4H3,(H,31,32). The lowest BCUT2D eigenvalue weighted by molar-refractivity contribution is -0.156. The van der Waals surface area contributed by atoms with E-state index in [4.69, 9.17) is 9.72 Å². The van der Waals surface area contributed by atoms with Gasteiger partial charge in [-0.05, 0) is 43.6 Å². The fourth-order valence-electron chi connectivity index (χ4n) is 5.33. The molecule has 1 fully saturated rings. The van der Waals surface area contributed by atoms with Crippen molar-refractivity contribution in [2.75, 3.05) is 6.61 Å². The number of nitrogens with one attached hydrogen (secondary N) is 1. The topological polar surface area (TPSA) is 89.3 Å². The number of pyridine rings is 1. The second-order valence-corrected chi connectivity index (χ2v) is 10.2. The fraction of sp³-hybridized carbons (Fsp3) is 0.577. The van der Waals surface area contributed by atoms with E-state index in [-0.39, 0.29) is 17.1 Å². The minimum Gasteiger partial charge on any atom is -0.465 e. The van der Waals surface area contributed by atoms with E-state index in [2.05, 4.69) is 54.7 Å². The number of benzene rings is 1. The lowest BCUT2D eigenvalue weighted by Gasteiger charge is -2.49.